The molecule has 2 aromatic heterocycles. The summed E-state index contributed by atoms with van der Waals surface area (Å²) < 4.78 is 34.2. The summed E-state index contributed by atoms with van der Waals surface area (Å²) in [5.74, 6) is 0. The summed E-state index contributed by atoms with van der Waals surface area (Å²) >= 11 is 0. The van der Waals surface area contributed by atoms with Gasteiger partial charge in [0.25, 0.3) is 0 Å². The van der Waals surface area contributed by atoms with Crippen molar-refractivity contribution in [1.29, 1.82) is 0 Å². The van der Waals surface area contributed by atoms with Gasteiger partial charge in [-0.3, -0.25) is 0 Å². The summed E-state index contributed by atoms with van der Waals surface area (Å²) in [4.78, 5) is 0.282. The highest BCUT2D eigenvalue weighted by Crippen LogP contribution is 2.19. The number of nitrogens with one attached hydrogen (secondary N) is 2. The third-order valence-corrected chi connectivity index (χ3v) is 4.55. The van der Waals surface area contributed by atoms with E-state index in [1.165, 1.54) is 12.5 Å². The van der Waals surface area contributed by atoms with Crippen molar-refractivity contribution in [3.63, 3.8) is 0 Å². The summed E-state index contributed by atoms with van der Waals surface area (Å²) in [5, 5.41) is 3.05. The summed E-state index contributed by atoms with van der Waals surface area (Å²) in [6, 6.07) is 3.63. The molecule has 0 spiro atoms. The molecule has 0 aliphatic rings. The fraction of sp³-hybridized carbons (Fsp3) is 0.429. The Balaban J connectivity index is 2.21. The fourth-order valence-corrected chi connectivity index (χ4v) is 3.17. The average Bonchev–Trinajstić information content (AvgIpc) is 3.06. The first-order valence-electron chi connectivity index (χ1n) is 6.80. The van der Waals surface area contributed by atoms with Gasteiger partial charge in [-0.15, -0.1) is 0 Å². The zero-order chi connectivity index (χ0) is 15.5. The predicted molar refractivity (Wildman–Crippen MR) is 80.3 cm³/mol. The largest absolute Gasteiger partial charge is 0.472 e. The normalized spacial score (nSPS) is 12.2. The first-order chi connectivity index (χ1) is 9.94. The van der Waals surface area contributed by atoms with E-state index in [9.17, 15) is 8.42 Å². The van der Waals surface area contributed by atoms with Crippen LogP contribution in [0, 0.1) is 0 Å². The first kappa shape index (κ1) is 15.8. The van der Waals surface area contributed by atoms with Gasteiger partial charge < -0.3 is 14.3 Å². The van der Waals surface area contributed by atoms with Crippen molar-refractivity contribution in [2.45, 2.75) is 37.9 Å². The number of aromatic nitrogens is 1. The van der Waals surface area contributed by atoms with E-state index in [1.807, 2.05) is 25.5 Å². The Kier molecular flexibility index (Phi) is 4.87. The Hall–Kier alpha value is -1.57. The van der Waals surface area contributed by atoms with Gasteiger partial charge in [-0.2, -0.15) is 0 Å². The summed E-state index contributed by atoms with van der Waals surface area (Å²) in [5.41, 5.74) is 1.73. The Bertz CT molecular complexity index is 672. The van der Waals surface area contributed by atoms with E-state index in [0.29, 0.717) is 6.54 Å². The molecule has 0 atom stereocenters. The van der Waals surface area contributed by atoms with E-state index in [0.717, 1.165) is 11.3 Å². The third kappa shape index (κ3) is 3.75. The molecular formula is C14H21N3O3S. The Morgan fingerprint density at radius 2 is 2.10 bits per heavy atom. The fourth-order valence-electron chi connectivity index (χ4n) is 2.10. The second kappa shape index (κ2) is 6.46. The maximum atomic E-state index is 12.3. The van der Waals surface area contributed by atoms with Gasteiger partial charge in [-0.05, 0) is 33.0 Å². The van der Waals surface area contributed by atoms with E-state index in [4.69, 9.17) is 4.42 Å². The SMILES string of the molecule is CNCc1cc(S(=O)(=O)NCc2ccoc2)cn1C(C)C. The van der Waals surface area contributed by atoms with E-state index < -0.39 is 10.0 Å². The lowest BCUT2D eigenvalue weighted by atomic mass is 10.3. The molecule has 0 fully saturated rings. The monoisotopic (exact) mass is 311 g/mol. The van der Waals surface area contributed by atoms with Crippen LogP contribution in [0.2, 0.25) is 0 Å². The number of rotatable bonds is 7. The highest BCUT2D eigenvalue weighted by Gasteiger charge is 2.19. The van der Waals surface area contributed by atoms with E-state index in [1.54, 1.807) is 18.3 Å². The summed E-state index contributed by atoms with van der Waals surface area (Å²) in [6.45, 7) is 4.88. The molecule has 0 bridgehead atoms. The van der Waals surface area contributed by atoms with Gasteiger partial charge in [0.15, 0.2) is 0 Å². The molecule has 7 heteroatoms. The highest BCUT2D eigenvalue weighted by atomic mass is 32.2. The van der Waals surface area contributed by atoms with Crippen LogP contribution in [0.25, 0.3) is 0 Å². The minimum atomic E-state index is -3.53. The molecule has 0 saturated carbocycles. The number of sulfonamides is 1. The van der Waals surface area contributed by atoms with Gasteiger partial charge >= 0.3 is 0 Å². The van der Waals surface area contributed by atoms with Crippen LogP contribution < -0.4 is 10.0 Å². The predicted octanol–water partition coefficient (Wildman–Crippen LogP) is 1.86. The number of furan rings is 1. The van der Waals surface area contributed by atoms with Crippen LogP contribution in [-0.2, 0) is 23.1 Å². The average molecular weight is 311 g/mol. The zero-order valence-corrected chi connectivity index (χ0v) is 13.3. The Morgan fingerprint density at radius 1 is 1.33 bits per heavy atom. The quantitative estimate of drug-likeness (QED) is 0.818. The molecule has 0 unspecified atom stereocenters. The van der Waals surface area contributed by atoms with Crippen molar-refractivity contribution in [2.75, 3.05) is 7.05 Å². The molecule has 2 heterocycles. The van der Waals surface area contributed by atoms with Crippen molar-refractivity contribution in [2.24, 2.45) is 0 Å². The molecule has 0 saturated heterocycles. The molecule has 116 valence electrons. The van der Waals surface area contributed by atoms with Crippen molar-refractivity contribution in [1.82, 2.24) is 14.6 Å². The smallest absolute Gasteiger partial charge is 0.242 e. The van der Waals surface area contributed by atoms with Gasteiger partial charge in [0.1, 0.15) is 0 Å². The van der Waals surface area contributed by atoms with E-state index in [2.05, 4.69) is 10.0 Å². The first-order valence-corrected chi connectivity index (χ1v) is 8.28. The molecule has 2 aromatic rings. The molecule has 2 N–H and O–H groups in total. The maximum Gasteiger partial charge on any atom is 0.242 e. The van der Waals surface area contributed by atoms with Crippen LogP contribution in [0.15, 0.2) is 40.2 Å². The van der Waals surface area contributed by atoms with Crippen molar-refractivity contribution < 1.29 is 12.8 Å². The minimum absolute atomic E-state index is 0.200. The van der Waals surface area contributed by atoms with Crippen LogP contribution in [-0.4, -0.2) is 20.0 Å². The number of hydrogen-bond acceptors (Lipinski definition) is 4. The van der Waals surface area contributed by atoms with Gasteiger partial charge in [-0.25, -0.2) is 13.1 Å². The molecule has 0 amide bonds. The minimum Gasteiger partial charge on any atom is -0.472 e. The molecule has 2 rings (SSSR count). The number of hydrogen-bond donors (Lipinski definition) is 2. The van der Waals surface area contributed by atoms with Crippen molar-refractivity contribution in [3.05, 3.63) is 42.1 Å². The molecule has 0 aliphatic heterocycles. The molecular weight excluding hydrogens is 290 g/mol. The lowest BCUT2D eigenvalue weighted by Gasteiger charge is -2.11. The van der Waals surface area contributed by atoms with Crippen LogP contribution in [0.5, 0.6) is 0 Å². The zero-order valence-electron chi connectivity index (χ0n) is 12.5. The standard InChI is InChI=1S/C14H21N3O3S/c1-11(2)17-9-14(6-13(17)8-15-3)21(18,19)16-7-12-4-5-20-10-12/h4-6,9-11,15-16H,7-8H2,1-3H3. The van der Waals surface area contributed by atoms with Gasteiger partial charge in [-0.1, -0.05) is 0 Å². The van der Waals surface area contributed by atoms with Gasteiger partial charge in [0, 0.05) is 36.6 Å². The van der Waals surface area contributed by atoms with Gasteiger partial charge in [0.2, 0.25) is 10.0 Å². The maximum absolute atomic E-state index is 12.3. The summed E-state index contributed by atoms with van der Waals surface area (Å²) in [6.07, 6.45) is 4.72. The second-order valence-corrected chi connectivity index (χ2v) is 6.92. The van der Waals surface area contributed by atoms with Crippen LogP contribution >= 0.6 is 0 Å². The molecule has 6 nitrogen and oxygen atoms in total. The summed E-state index contributed by atoms with van der Waals surface area (Å²) in [7, 11) is -1.69. The lowest BCUT2D eigenvalue weighted by Crippen LogP contribution is -2.22. The van der Waals surface area contributed by atoms with Crippen LogP contribution in [0.1, 0.15) is 31.1 Å². The van der Waals surface area contributed by atoms with Crippen LogP contribution in [0.4, 0.5) is 0 Å². The van der Waals surface area contributed by atoms with Crippen molar-refractivity contribution >= 4 is 10.0 Å². The van der Waals surface area contributed by atoms with E-state index >= 15 is 0 Å². The Morgan fingerprint density at radius 3 is 2.67 bits per heavy atom. The molecule has 0 radical (unpaired) electrons. The Labute approximate surface area is 125 Å². The van der Waals surface area contributed by atoms with Crippen LogP contribution in [0.3, 0.4) is 0 Å². The topological polar surface area (TPSA) is 76.3 Å². The molecule has 21 heavy (non-hydrogen) atoms. The van der Waals surface area contributed by atoms with E-state index in [-0.39, 0.29) is 17.5 Å². The molecule has 0 aromatic carbocycles. The van der Waals surface area contributed by atoms with Crippen molar-refractivity contribution in [3.8, 4) is 0 Å². The lowest BCUT2D eigenvalue weighted by molar-refractivity contribution is 0.559. The number of nitrogens with zero attached hydrogens (tertiary/aromatic N) is 1. The highest BCUT2D eigenvalue weighted by molar-refractivity contribution is 7.89. The third-order valence-electron chi connectivity index (χ3n) is 3.18. The second-order valence-electron chi connectivity index (χ2n) is 5.15. The molecule has 0 aliphatic carbocycles. The van der Waals surface area contributed by atoms with Gasteiger partial charge in [0.05, 0.1) is 17.4 Å².